The number of rotatable bonds is 3. The second kappa shape index (κ2) is 4.43. The first-order valence-corrected chi connectivity index (χ1v) is 5.54. The molecule has 2 heteroatoms. The van der Waals surface area contributed by atoms with Crippen LogP contribution in [0.1, 0.15) is 40.0 Å². The van der Waals surface area contributed by atoms with E-state index in [2.05, 4.69) is 38.0 Å². The summed E-state index contributed by atoms with van der Waals surface area (Å²) in [4.78, 5) is 2.61. The van der Waals surface area contributed by atoms with Gasteiger partial charge in [0.15, 0.2) is 0 Å². The highest BCUT2D eigenvalue weighted by atomic mass is 15.2. The van der Waals surface area contributed by atoms with Crippen LogP contribution in [0.15, 0.2) is 0 Å². The normalized spacial score (nSPS) is 25.8. The molecule has 1 aliphatic heterocycles. The van der Waals surface area contributed by atoms with Gasteiger partial charge in [0.2, 0.25) is 0 Å². The van der Waals surface area contributed by atoms with Gasteiger partial charge in [0.1, 0.15) is 0 Å². The summed E-state index contributed by atoms with van der Waals surface area (Å²) < 4.78 is 0. The number of piperidine rings is 1. The topological polar surface area (TPSA) is 15.3 Å². The van der Waals surface area contributed by atoms with Crippen molar-refractivity contribution in [3.63, 3.8) is 0 Å². The summed E-state index contributed by atoms with van der Waals surface area (Å²) in [7, 11) is 2.08. The molecule has 0 aromatic heterocycles. The summed E-state index contributed by atoms with van der Waals surface area (Å²) >= 11 is 0. The fraction of sp³-hybridized carbons (Fsp3) is 1.00. The van der Waals surface area contributed by atoms with E-state index in [9.17, 15) is 0 Å². The molecule has 0 aromatic carbocycles. The van der Waals surface area contributed by atoms with Crippen molar-refractivity contribution in [1.29, 1.82) is 0 Å². The van der Waals surface area contributed by atoms with E-state index in [-0.39, 0.29) is 0 Å². The molecule has 0 spiro atoms. The van der Waals surface area contributed by atoms with Crippen molar-refractivity contribution < 1.29 is 0 Å². The first-order valence-electron chi connectivity index (χ1n) is 5.54. The second-order valence-electron chi connectivity index (χ2n) is 4.60. The van der Waals surface area contributed by atoms with Crippen LogP contribution in [0.3, 0.4) is 0 Å². The molecular formula is C11H24N2. The highest BCUT2D eigenvalue weighted by molar-refractivity contribution is 4.89. The van der Waals surface area contributed by atoms with Gasteiger partial charge in [-0.3, -0.25) is 0 Å². The molecule has 0 radical (unpaired) electrons. The molecule has 13 heavy (non-hydrogen) atoms. The first-order chi connectivity index (χ1) is 6.11. The first kappa shape index (κ1) is 11.0. The number of hydrogen-bond donors (Lipinski definition) is 1. The fourth-order valence-electron chi connectivity index (χ4n) is 1.97. The zero-order valence-electron chi connectivity index (χ0n) is 9.56. The van der Waals surface area contributed by atoms with Gasteiger partial charge in [-0.25, -0.2) is 0 Å². The Hall–Kier alpha value is -0.0800. The molecule has 0 aromatic rings. The summed E-state index contributed by atoms with van der Waals surface area (Å²) in [6.45, 7) is 9.46. The van der Waals surface area contributed by atoms with Crippen molar-refractivity contribution >= 4 is 0 Å². The number of nitrogens with zero attached hydrogens (tertiary/aromatic N) is 1. The van der Waals surface area contributed by atoms with E-state index >= 15 is 0 Å². The molecule has 1 aliphatic rings. The Kier molecular flexibility index (Phi) is 3.74. The van der Waals surface area contributed by atoms with Crippen LogP contribution in [0.5, 0.6) is 0 Å². The Bertz CT molecular complexity index is 148. The largest absolute Gasteiger partial charge is 0.314 e. The summed E-state index contributed by atoms with van der Waals surface area (Å²) in [6, 6.07) is 0.765. The molecule has 0 saturated carbocycles. The Balaban J connectivity index is 2.38. The Labute approximate surface area is 82.7 Å². The van der Waals surface area contributed by atoms with Crippen molar-refractivity contribution in [2.24, 2.45) is 0 Å². The van der Waals surface area contributed by atoms with Gasteiger partial charge in [0.25, 0.3) is 0 Å². The van der Waals surface area contributed by atoms with Crippen LogP contribution in [0.2, 0.25) is 0 Å². The molecule has 0 aliphatic carbocycles. The molecule has 1 heterocycles. The van der Waals surface area contributed by atoms with Crippen LogP contribution in [-0.2, 0) is 0 Å². The lowest BCUT2D eigenvalue weighted by Gasteiger charge is -2.41. The summed E-state index contributed by atoms with van der Waals surface area (Å²) in [5.74, 6) is 0. The van der Waals surface area contributed by atoms with Gasteiger partial charge in [-0.15, -0.1) is 0 Å². The van der Waals surface area contributed by atoms with Crippen molar-refractivity contribution in [3.05, 3.63) is 0 Å². The monoisotopic (exact) mass is 184 g/mol. The maximum atomic E-state index is 3.43. The van der Waals surface area contributed by atoms with Crippen molar-refractivity contribution in [2.75, 3.05) is 20.1 Å². The van der Waals surface area contributed by atoms with Crippen LogP contribution in [-0.4, -0.2) is 36.6 Å². The van der Waals surface area contributed by atoms with Gasteiger partial charge < -0.3 is 10.2 Å². The van der Waals surface area contributed by atoms with Crippen molar-refractivity contribution in [2.45, 2.75) is 51.6 Å². The van der Waals surface area contributed by atoms with Gasteiger partial charge in [0, 0.05) is 24.7 Å². The third kappa shape index (κ3) is 2.68. The van der Waals surface area contributed by atoms with E-state index in [1.807, 2.05) is 0 Å². The van der Waals surface area contributed by atoms with Gasteiger partial charge in [-0.05, 0) is 40.2 Å². The number of hydrogen-bond acceptors (Lipinski definition) is 2. The molecule has 2 nitrogen and oxygen atoms in total. The van der Waals surface area contributed by atoms with Crippen molar-refractivity contribution in [1.82, 2.24) is 10.2 Å². The summed E-state index contributed by atoms with van der Waals surface area (Å²) in [6.07, 6.45) is 3.85. The summed E-state index contributed by atoms with van der Waals surface area (Å²) in [5, 5.41) is 3.43. The van der Waals surface area contributed by atoms with Gasteiger partial charge in [0.05, 0.1) is 0 Å². The molecule has 1 atom stereocenters. The minimum Gasteiger partial charge on any atom is -0.314 e. The third-order valence-electron chi connectivity index (χ3n) is 3.72. The summed E-state index contributed by atoms with van der Waals surface area (Å²) in [5.41, 5.74) is 0.393. The molecule has 1 fully saturated rings. The van der Waals surface area contributed by atoms with Crippen LogP contribution in [0.25, 0.3) is 0 Å². The van der Waals surface area contributed by atoms with E-state index in [0.29, 0.717) is 5.54 Å². The van der Waals surface area contributed by atoms with Gasteiger partial charge in [-0.1, -0.05) is 6.92 Å². The Morgan fingerprint density at radius 1 is 1.38 bits per heavy atom. The highest BCUT2D eigenvalue weighted by Gasteiger charge is 2.29. The minimum absolute atomic E-state index is 0.393. The van der Waals surface area contributed by atoms with Gasteiger partial charge >= 0.3 is 0 Å². The lowest BCUT2D eigenvalue weighted by Crippen LogP contribution is -2.51. The number of likely N-dealkylation sites (tertiary alicyclic amines) is 1. The molecule has 1 unspecified atom stereocenters. The van der Waals surface area contributed by atoms with E-state index in [0.717, 1.165) is 6.04 Å². The van der Waals surface area contributed by atoms with Gasteiger partial charge in [-0.2, -0.15) is 0 Å². The molecule has 1 N–H and O–H groups in total. The molecule has 1 saturated heterocycles. The van der Waals surface area contributed by atoms with E-state index in [4.69, 9.17) is 0 Å². The zero-order chi connectivity index (χ0) is 9.90. The molecule has 1 rings (SSSR count). The second-order valence-corrected chi connectivity index (χ2v) is 4.60. The van der Waals surface area contributed by atoms with Crippen LogP contribution < -0.4 is 5.32 Å². The lowest BCUT2D eigenvalue weighted by atomic mass is 9.89. The third-order valence-corrected chi connectivity index (χ3v) is 3.72. The fourth-order valence-corrected chi connectivity index (χ4v) is 1.97. The molecule has 0 bridgehead atoms. The molecule has 78 valence electrons. The Morgan fingerprint density at radius 3 is 2.31 bits per heavy atom. The average Bonchev–Trinajstić information content (AvgIpc) is 2.18. The molecule has 0 amide bonds. The lowest BCUT2D eigenvalue weighted by molar-refractivity contribution is 0.115. The highest BCUT2D eigenvalue weighted by Crippen LogP contribution is 2.22. The standard InChI is InChI=1S/C11H24N2/c1-5-10(2)13-8-6-11(3,12-4)7-9-13/h10,12H,5-9H2,1-4H3. The predicted octanol–water partition coefficient (Wildman–Crippen LogP) is 1.86. The molecular weight excluding hydrogens is 160 g/mol. The Morgan fingerprint density at radius 2 is 1.92 bits per heavy atom. The quantitative estimate of drug-likeness (QED) is 0.720. The minimum atomic E-state index is 0.393. The van der Waals surface area contributed by atoms with E-state index in [1.165, 1.54) is 32.4 Å². The van der Waals surface area contributed by atoms with Crippen LogP contribution >= 0.6 is 0 Å². The van der Waals surface area contributed by atoms with Crippen LogP contribution in [0.4, 0.5) is 0 Å². The maximum Gasteiger partial charge on any atom is 0.0174 e. The zero-order valence-corrected chi connectivity index (χ0v) is 9.56. The average molecular weight is 184 g/mol. The maximum absolute atomic E-state index is 3.43. The predicted molar refractivity (Wildman–Crippen MR) is 58.0 cm³/mol. The van der Waals surface area contributed by atoms with Crippen molar-refractivity contribution in [3.8, 4) is 0 Å². The van der Waals surface area contributed by atoms with E-state index in [1.54, 1.807) is 0 Å². The SMILES string of the molecule is CCC(C)N1CCC(C)(NC)CC1. The van der Waals surface area contributed by atoms with E-state index < -0.39 is 0 Å². The van der Waals surface area contributed by atoms with Crippen LogP contribution in [0, 0.1) is 0 Å². The smallest absolute Gasteiger partial charge is 0.0174 e. The number of nitrogens with one attached hydrogen (secondary N) is 1.